The predicted octanol–water partition coefficient (Wildman–Crippen LogP) is 1.58. The van der Waals surface area contributed by atoms with E-state index in [9.17, 15) is 22.8 Å². The summed E-state index contributed by atoms with van der Waals surface area (Å²) < 4.78 is 42.9. The summed E-state index contributed by atoms with van der Waals surface area (Å²) in [5.41, 5.74) is 3.82. The number of nitrogen functional groups attached to an aromatic ring is 1. The molecule has 1 aromatic carbocycles. The topological polar surface area (TPSA) is 93.4 Å². The summed E-state index contributed by atoms with van der Waals surface area (Å²) in [7, 11) is 0. The van der Waals surface area contributed by atoms with Gasteiger partial charge in [0, 0.05) is 5.69 Å². The number of nitrogens with two attached hydrogens (primary N) is 1. The standard InChI is InChI=1S/C12H12F3N3O3/c1-2-21-11(20)9-10(19)18-7-3-5(12(13,14)15)6(16)4-8(7)17-9/h3-4,9,17H,2,16H2,1H3,(H,18,19). The monoisotopic (exact) mass is 303 g/mol. The maximum absolute atomic E-state index is 12.7. The van der Waals surface area contributed by atoms with E-state index < -0.39 is 35.3 Å². The van der Waals surface area contributed by atoms with Crippen LogP contribution in [0.4, 0.5) is 30.2 Å². The van der Waals surface area contributed by atoms with Gasteiger partial charge in [-0.15, -0.1) is 0 Å². The van der Waals surface area contributed by atoms with Gasteiger partial charge in [0.1, 0.15) is 0 Å². The van der Waals surface area contributed by atoms with Gasteiger partial charge < -0.3 is 21.1 Å². The highest BCUT2D eigenvalue weighted by atomic mass is 19.4. The molecule has 1 aliphatic rings. The first-order valence-electron chi connectivity index (χ1n) is 5.98. The lowest BCUT2D eigenvalue weighted by molar-refractivity contribution is -0.146. The number of amides is 1. The maximum Gasteiger partial charge on any atom is 0.418 e. The molecule has 0 fully saturated rings. The molecule has 0 saturated heterocycles. The Morgan fingerprint density at radius 2 is 2.05 bits per heavy atom. The predicted molar refractivity (Wildman–Crippen MR) is 68.5 cm³/mol. The second-order valence-corrected chi connectivity index (χ2v) is 4.30. The van der Waals surface area contributed by atoms with Gasteiger partial charge in [0.05, 0.1) is 23.5 Å². The molecule has 0 aromatic heterocycles. The van der Waals surface area contributed by atoms with Gasteiger partial charge in [-0.25, -0.2) is 4.79 Å². The Kier molecular flexibility index (Phi) is 3.67. The van der Waals surface area contributed by atoms with E-state index >= 15 is 0 Å². The van der Waals surface area contributed by atoms with Crippen molar-refractivity contribution < 1.29 is 27.5 Å². The zero-order chi connectivity index (χ0) is 15.8. The molecule has 2 rings (SSSR count). The molecule has 0 radical (unpaired) electrons. The number of ether oxygens (including phenoxy) is 1. The van der Waals surface area contributed by atoms with E-state index in [0.29, 0.717) is 0 Å². The Balaban J connectivity index is 2.36. The average molecular weight is 303 g/mol. The SMILES string of the molecule is CCOC(=O)C1Nc2cc(N)c(C(F)(F)F)cc2NC1=O. The van der Waals surface area contributed by atoms with Crippen LogP contribution in [0.25, 0.3) is 0 Å². The van der Waals surface area contributed by atoms with Crippen molar-refractivity contribution in [3.8, 4) is 0 Å². The molecule has 1 amide bonds. The molecule has 1 aromatic rings. The lowest BCUT2D eigenvalue weighted by Gasteiger charge is -2.26. The van der Waals surface area contributed by atoms with Crippen molar-refractivity contribution >= 4 is 28.9 Å². The van der Waals surface area contributed by atoms with E-state index in [1.165, 1.54) is 0 Å². The minimum absolute atomic E-state index is 0.0757. The minimum Gasteiger partial charge on any atom is -0.464 e. The summed E-state index contributed by atoms with van der Waals surface area (Å²) in [5.74, 6) is -1.61. The molecule has 9 heteroatoms. The summed E-state index contributed by atoms with van der Waals surface area (Å²) in [4.78, 5) is 23.3. The van der Waals surface area contributed by atoms with Gasteiger partial charge >= 0.3 is 12.1 Å². The van der Waals surface area contributed by atoms with Crippen LogP contribution in [0.5, 0.6) is 0 Å². The van der Waals surface area contributed by atoms with Gasteiger partial charge in [0.2, 0.25) is 6.04 Å². The van der Waals surface area contributed by atoms with Gasteiger partial charge in [0.25, 0.3) is 5.91 Å². The maximum atomic E-state index is 12.7. The van der Waals surface area contributed by atoms with Crippen LogP contribution in [0.2, 0.25) is 0 Å². The quantitative estimate of drug-likeness (QED) is 0.438. The van der Waals surface area contributed by atoms with Gasteiger partial charge in [-0.1, -0.05) is 0 Å². The molecule has 1 unspecified atom stereocenters. The Morgan fingerprint density at radius 1 is 1.38 bits per heavy atom. The normalized spacial score (nSPS) is 17.5. The molecule has 1 heterocycles. The van der Waals surface area contributed by atoms with Gasteiger partial charge in [0.15, 0.2) is 0 Å². The number of halogens is 3. The second kappa shape index (κ2) is 5.15. The fraction of sp³-hybridized carbons (Fsp3) is 0.333. The highest BCUT2D eigenvalue weighted by Gasteiger charge is 2.37. The van der Waals surface area contributed by atoms with E-state index in [2.05, 4.69) is 10.6 Å². The molecule has 0 saturated carbocycles. The highest BCUT2D eigenvalue weighted by molar-refractivity contribution is 6.14. The molecule has 21 heavy (non-hydrogen) atoms. The van der Waals surface area contributed by atoms with Gasteiger partial charge in [-0.05, 0) is 19.1 Å². The van der Waals surface area contributed by atoms with Crippen molar-refractivity contribution in [1.29, 1.82) is 0 Å². The molecule has 0 spiro atoms. The average Bonchev–Trinajstić information content (AvgIpc) is 2.36. The van der Waals surface area contributed by atoms with Crippen molar-refractivity contribution in [2.45, 2.75) is 19.1 Å². The number of carbonyl (C=O) groups excluding carboxylic acids is 2. The first-order chi connectivity index (χ1) is 9.74. The number of esters is 1. The van der Waals surface area contributed by atoms with E-state index in [4.69, 9.17) is 10.5 Å². The zero-order valence-electron chi connectivity index (χ0n) is 10.9. The number of benzene rings is 1. The summed E-state index contributed by atoms with van der Waals surface area (Å²) in [5, 5.41) is 4.75. The van der Waals surface area contributed by atoms with Crippen LogP contribution in [-0.4, -0.2) is 24.5 Å². The summed E-state index contributed by atoms with van der Waals surface area (Å²) >= 11 is 0. The summed E-state index contributed by atoms with van der Waals surface area (Å²) in [6, 6.07) is 0.411. The molecule has 0 bridgehead atoms. The Morgan fingerprint density at radius 3 is 2.62 bits per heavy atom. The molecule has 6 nitrogen and oxygen atoms in total. The van der Waals surface area contributed by atoms with E-state index in [0.717, 1.165) is 12.1 Å². The Bertz CT molecular complexity index is 601. The van der Waals surface area contributed by atoms with Crippen molar-refractivity contribution in [1.82, 2.24) is 0 Å². The van der Waals surface area contributed by atoms with E-state index in [1.54, 1.807) is 6.92 Å². The number of fused-ring (bicyclic) bond motifs is 1. The molecule has 0 aliphatic carbocycles. The third-order valence-electron chi connectivity index (χ3n) is 2.84. The number of alkyl halides is 3. The number of hydrogen-bond donors (Lipinski definition) is 3. The van der Waals surface area contributed by atoms with E-state index in [1.807, 2.05) is 0 Å². The first kappa shape index (κ1) is 14.9. The third-order valence-corrected chi connectivity index (χ3v) is 2.84. The van der Waals surface area contributed by atoms with Gasteiger partial charge in [-0.3, -0.25) is 4.79 Å². The van der Waals surface area contributed by atoms with Crippen LogP contribution in [0, 0.1) is 0 Å². The van der Waals surface area contributed by atoms with E-state index in [-0.39, 0.29) is 18.0 Å². The Hall–Kier alpha value is -2.45. The molecule has 1 atom stereocenters. The highest BCUT2D eigenvalue weighted by Crippen LogP contribution is 2.39. The number of carbonyl (C=O) groups is 2. The zero-order valence-corrected chi connectivity index (χ0v) is 10.9. The molecular weight excluding hydrogens is 291 g/mol. The molecular formula is C12H12F3N3O3. The molecule has 4 N–H and O–H groups in total. The van der Waals surface area contributed by atoms with Crippen molar-refractivity contribution in [2.24, 2.45) is 0 Å². The smallest absolute Gasteiger partial charge is 0.418 e. The van der Waals surface area contributed by atoms with Crippen LogP contribution >= 0.6 is 0 Å². The molecule has 1 aliphatic heterocycles. The minimum atomic E-state index is -4.64. The van der Waals surface area contributed by atoms with Crippen LogP contribution in [0.3, 0.4) is 0 Å². The third kappa shape index (κ3) is 2.86. The lowest BCUT2D eigenvalue weighted by Crippen LogP contribution is -2.45. The Labute approximate surface area is 117 Å². The van der Waals surface area contributed by atoms with Crippen LogP contribution in [-0.2, 0) is 20.5 Å². The van der Waals surface area contributed by atoms with Crippen molar-refractivity contribution in [3.05, 3.63) is 17.7 Å². The largest absolute Gasteiger partial charge is 0.464 e. The summed E-state index contributed by atoms with van der Waals surface area (Å²) in [6.45, 7) is 1.65. The second-order valence-electron chi connectivity index (χ2n) is 4.30. The number of anilines is 3. The van der Waals surface area contributed by atoms with Crippen molar-refractivity contribution in [2.75, 3.05) is 23.0 Å². The fourth-order valence-electron chi connectivity index (χ4n) is 1.90. The first-order valence-corrected chi connectivity index (χ1v) is 5.98. The van der Waals surface area contributed by atoms with Gasteiger partial charge in [-0.2, -0.15) is 13.2 Å². The van der Waals surface area contributed by atoms with Crippen molar-refractivity contribution in [3.63, 3.8) is 0 Å². The summed E-state index contributed by atoms with van der Waals surface area (Å²) in [6.07, 6.45) is -4.64. The van der Waals surface area contributed by atoms with Crippen LogP contribution in [0.15, 0.2) is 12.1 Å². The van der Waals surface area contributed by atoms with Crippen LogP contribution in [0.1, 0.15) is 12.5 Å². The van der Waals surface area contributed by atoms with Crippen LogP contribution < -0.4 is 16.4 Å². The lowest BCUT2D eigenvalue weighted by atomic mass is 10.1. The number of rotatable bonds is 2. The number of hydrogen-bond acceptors (Lipinski definition) is 5. The number of nitrogens with one attached hydrogen (secondary N) is 2. The fourth-order valence-corrected chi connectivity index (χ4v) is 1.90. The molecule has 114 valence electrons.